The number of hydrogen-bond donors (Lipinski definition) is 2. The van der Waals surface area contributed by atoms with Crippen LogP contribution in [0.1, 0.15) is 45.1 Å². The third kappa shape index (κ3) is 9.91. The molecule has 0 saturated heterocycles. The van der Waals surface area contributed by atoms with Crippen molar-refractivity contribution >= 4 is 11.9 Å². The van der Waals surface area contributed by atoms with Gasteiger partial charge in [-0.05, 0) is 51.3 Å². The number of methoxy groups -OCH3 is 1. The summed E-state index contributed by atoms with van der Waals surface area (Å²) in [6.45, 7) is 8.31. The summed E-state index contributed by atoms with van der Waals surface area (Å²) in [6, 6.07) is 8.03. The largest absolute Gasteiger partial charge is 0.489 e. The van der Waals surface area contributed by atoms with E-state index in [0.29, 0.717) is 13.0 Å². The number of esters is 1. The number of unbranched alkanes of at least 4 members (excludes halogenated alkanes) is 2. The predicted octanol–water partition coefficient (Wildman–Crippen LogP) is 3.05. The number of carbonyl (C=O) groups is 1. The quantitative estimate of drug-likeness (QED) is 0.274. The predicted molar refractivity (Wildman–Crippen MR) is 106 cm³/mol. The van der Waals surface area contributed by atoms with Crippen LogP contribution in [0.4, 0.5) is 0 Å². The van der Waals surface area contributed by atoms with Gasteiger partial charge in [0.15, 0.2) is 5.96 Å². The van der Waals surface area contributed by atoms with Gasteiger partial charge in [0.2, 0.25) is 0 Å². The Bertz CT molecular complexity index is 561. The zero-order valence-corrected chi connectivity index (χ0v) is 16.5. The van der Waals surface area contributed by atoms with Gasteiger partial charge in [-0.2, -0.15) is 0 Å². The zero-order valence-electron chi connectivity index (χ0n) is 16.5. The third-order valence-corrected chi connectivity index (χ3v) is 3.76. The fourth-order valence-corrected chi connectivity index (χ4v) is 2.40. The van der Waals surface area contributed by atoms with E-state index < -0.39 is 0 Å². The van der Waals surface area contributed by atoms with E-state index in [2.05, 4.69) is 20.4 Å². The molecule has 146 valence electrons. The lowest BCUT2D eigenvalue weighted by Crippen LogP contribution is -2.38. The first-order valence-electron chi connectivity index (χ1n) is 9.37. The summed E-state index contributed by atoms with van der Waals surface area (Å²) in [5.74, 6) is 1.52. The lowest BCUT2D eigenvalue weighted by Gasteiger charge is -2.15. The first-order valence-corrected chi connectivity index (χ1v) is 9.37. The van der Waals surface area contributed by atoms with Crippen LogP contribution in [0.5, 0.6) is 5.75 Å². The van der Waals surface area contributed by atoms with Crippen molar-refractivity contribution in [3.8, 4) is 5.75 Å². The molecule has 1 aromatic rings. The van der Waals surface area contributed by atoms with Gasteiger partial charge >= 0.3 is 5.97 Å². The Balaban J connectivity index is 2.32. The van der Waals surface area contributed by atoms with Crippen LogP contribution in [-0.2, 0) is 9.53 Å². The second-order valence-electron chi connectivity index (χ2n) is 6.28. The summed E-state index contributed by atoms with van der Waals surface area (Å²) in [5, 5.41) is 6.56. The van der Waals surface area contributed by atoms with Crippen LogP contribution in [-0.4, -0.2) is 44.8 Å². The summed E-state index contributed by atoms with van der Waals surface area (Å²) in [7, 11) is 1.42. The molecule has 0 heterocycles. The molecule has 2 N–H and O–H groups in total. The summed E-state index contributed by atoms with van der Waals surface area (Å²) >= 11 is 0. The molecule has 0 aliphatic carbocycles. The molecule has 6 heteroatoms. The minimum Gasteiger partial charge on any atom is -0.489 e. The molecular weight excluding hydrogens is 330 g/mol. The topological polar surface area (TPSA) is 72.0 Å². The number of aryl methyl sites for hydroxylation is 1. The number of carbonyl (C=O) groups excluding carboxylic acids is 1. The SMILES string of the molecule is CCNC(=NCC(C)Oc1cccc(C)c1)NCCCCCC(=O)OC. The molecule has 0 aliphatic heterocycles. The molecule has 26 heavy (non-hydrogen) atoms. The zero-order chi connectivity index (χ0) is 19.2. The van der Waals surface area contributed by atoms with Gasteiger partial charge in [0.25, 0.3) is 0 Å². The van der Waals surface area contributed by atoms with Gasteiger partial charge in [0, 0.05) is 19.5 Å². The molecule has 1 rings (SSSR count). The second kappa shape index (κ2) is 13.0. The van der Waals surface area contributed by atoms with E-state index >= 15 is 0 Å². The molecule has 0 aromatic heterocycles. The van der Waals surface area contributed by atoms with Crippen molar-refractivity contribution in [1.29, 1.82) is 0 Å². The second-order valence-corrected chi connectivity index (χ2v) is 6.28. The van der Waals surface area contributed by atoms with E-state index in [1.807, 2.05) is 45.0 Å². The Kier molecular flexibility index (Phi) is 10.9. The summed E-state index contributed by atoms with van der Waals surface area (Å²) in [5.41, 5.74) is 1.18. The maximum Gasteiger partial charge on any atom is 0.305 e. The average molecular weight is 364 g/mol. The summed E-state index contributed by atoms with van der Waals surface area (Å²) < 4.78 is 10.5. The van der Waals surface area contributed by atoms with Crippen LogP contribution in [0.3, 0.4) is 0 Å². The standard InChI is InChI=1S/C20H33N3O3/c1-5-21-20(22-13-8-6-7-12-19(24)25-4)23-15-17(3)26-18-11-9-10-16(2)14-18/h9-11,14,17H,5-8,12-13,15H2,1-4H3,(H2,21,22,23). The molecule has 1 unspecified atom stereocenters. The van der Waals surface area contributed by atoms with Crippen LogP contribution >= 0.6 is 0 Å². The Morgan fingerprint density at radius 1 is 1.23 bits per heavy atom. The smallest absolute Gasteiger partial charge is 0.305 e. The summed E-state index contributed by atoms with van der Waals surface area (Å²) in [6.07, 6.45) is 3.29. The lowest BCUT2D eigenvalue weighted by atomic mass is 10.2. The number of guanidine groups is 1. The minimum absolute atomic E-state index is 0.00712. The van der Waals surface area contributed by atoms with Crippen molar-refractivity contribution in [3.63, 3.8) is 0 Å². The minimum atomic E-state index is -0.143. The number of aliphatic imine (C=N–C) groups is 1. The van der Waals surface area contributed by atoms with Crippen LogP contribution in [0.15, 0.2) is 29.3 Å². The normalized spacial score (nSPS) is 12.4. The molecular formula is C20H33N3O3. The number of nitrogens with zero attached hydrogens (tertiary/aromatic N) is 1. The number of hydrogen-bond acceptors (Lipinski definition) is 4. The van der Waals surface area contributed by atoms with Gasteiger partial charge in [-0.15, -0.1) is 0 Å². The van der Waals surface area contributed by atoms with Crippen LogP contribution in [0.2, 0.25) is 0 Å². The van der Waals surface area contributed by atoms with Crippen molar-refractivity contribution in [2.24, 2.45) is 4.99 Å². The number of benzene rings is 1. The van der Waals surface area contributed by atoms with E-state index in [-0.39, 0.29) is 12.1 Å². The molecule has 0 bridgehead atoms. The fraction of sp³-hybridized carbons (Fsp3) is 0.600. The van der Waals surface area contributed by atoms with E-state index in [1.165, 1.54) is 12.7 Å². The highest BCUT2D eigenvalue weighted by Gasteiger charge is 2.05. The Labute approximate surface area is 157 Å². The van der Waals surface area contributed by atoms with Crippen molar-refractivity contribution in [2.45, 2.75) is 52.6 Å². The maximum atomic E-state index is 11.1. The molecule has 0 amide bonds. The van der Waals surface area contributed by atoms with Crippen LogP contribution < -0.4 is 15.4 Å². The van der Waals surface area contributed by atoms with Gasteiger partial charge in [-0.25, -0.2) is 4.99 Å². The van der Waals surface area contributed by atoms with Crippen molar-refractivity contribution in [3.05, 3.63) is 29.8 Å². The van der Waals surface area contributed by atoms with E-state index in [4.69, 9.17) is 4.74 Å². The number of rotatable bonds is 11. The molecule has 0 radical (unpaired) electrons. The summed E-state index contributed by atoms with van der Waals surface area (Å²) in [4.78, 5) is 15.6. The molecule has 0 spiro atoms. The fourth-order valence-electron chi connectivity index (χ4n) is 2.40. The molecule has 0 fully saturated rings. The number of nitrogens with one attached hydrogen (secondary N) is 2. The van der Waals surface area contributed by atoms with E-state index in [9.17, 15) is 4.79 Å². The Morgan fingerprint density at radius 2 is 2.04 bits per heavy atom. The highest BCUT2D eigenvalue weighted by atomic mass is 16.5. The molecule has 1 aromatic carbocycles. The first kappa shape index (κ1) is 21.8. The Morgan fingerprint density at radius 3 is 2.73 bits per heavy atom. The monoisotopic (exact) mass is 363 g/mol. The van der Waals surface area contributed by atoms with Gasteiger partial charge in [0.1, 0.15) is 11.9 Å². The Hall–Kier alpha value is -2.24. The van der Waals surface area contributed by atoms with E-state index in [0.717, 1.165) is 44.1 Å². The van der Waals surface area contributed by atoms with Gasteiger partial charge in [-0.1, -0.05) is 18.6 Å². The van der Waals surface area contributed by atoms with Gasteiger partial charge < -0.3 is 20.1 Å². The molecule has 6 nitrogen and oxygen atoms in total. The highest BCUT2D eigenvalue weighted by Crippen LogP contribution is 2.14. The first-order chi connectivity index (χ1) is 12.5. The molecule has 0 saturated carbocycles. The highest BCUT2D eigenvalue weighted by molar-refractivity contribution is 5.79. The van der Waals surface area contributed by atoms with E-state index in [1.54, 1.807) is 0 Å². The van der Waals surface area contributed by atoms with Crippen LogP contribution in [0, 0.1) is 6.92 Å². The van der Waals surface area contributed by atoms with Crippen molar-refractivity contribution < 1.29 is 14.3 Å². The van der Waals surface area contributed by atoms with Gasteiger partial charge in [0.05, 0.1) is 13.7 Å². The van der Waals surface area contributed by atoms with Crippen LogP contribution in [0.25, 0.3) is 0 Å². The van der Waals surface area contributed by atoms with Gasteiger partial charge in [-0.3, -0.25) is 4.79 Å². The van der Waals surface area contributed by atoms with Crippen molar-refractivity contribution in [1.82, 2.24) is 10.6 Å². The molecule has 0 aliphatic rings. The maximum absolute atomic E-state index is 11.1. The van der Waals surface area contributed by atoms with Crippen molar-refractivity contribution in [2.75, 3.05) is 26.7 Å². The average Bonchev–Trinajstić information content (AvgIpc) is 2.62. The molecule has 1 atom stereocenters. The third-order valence-electron chi connectivity index (χ3n) is 3.76. The number of ether oxygens (including phenoxy) is 2. The lowest BCUT2D eigenvalue weighted by molar-refractivity contribution is -0.140.